The summed E-state index contributed by atoms with van der Waals surface area (Å²) in [6.45, 7) is 8.63. The van der Waals surface area contributed by atoms with Crippen LogP contribution in [0.1, 0.15) is 30.8 Å². The molecule has 2 saturated heterocycles. The van der Waals surface area contributed by atoms with Crippen LogP contribution >= 0.6 is 11.6 Å². The van der Waals surface area contributed by atoms with Crippen molar-refractivity contribution in [2.45, 2.75) is 20.3 Å². The summed E-state index contributed by atoms with van der Waals surface area (Å²) in [5.41, 5.74) is 0.310. The zero-order valence-electron chi connectivity index (χ0n) is 13.7. The van der Waals surface area contributed by atoms with E-state index in [-0.39, 0.29) is 5.91 Å². The van der Waals surface area contributed by atoms with Gasteiger partial charge in [-0.2, -0.15) is 0 Å². The van der Waals surface area contributed by atoms with Gasteiger partial charge in [0.15, 0.2) is 5.69 Å². The maximum atomic E-state index is 12.9. The lowest BCUT2D eigenvalue weighted by Crippen LogP contribution is -2.43. The standard InChI is InChI=1S/C16H23ClN4O2/c1-11-7-12(2)10-21(9-11)15(22)14-13(17)8-18-16(19-14)20-3-5-23-6-4-20/h8,11-12H,3-7,9-10H2,1-2H3/t11-,12-/m1/s1. The Balaban J connectivity index is 1.81. The van der Waals surface area contributed by atoms with E-state index in [0.717, 1.165) is 32.6 Å². The first-order valence-electron chi connectivity index (χ1n) is 8.19. The van der Waals surface area contributed by atoms with Crippen molar-refractivity contribution in [1.82, 2.24) is 14.9 Å². The number of aromatic nitrogens is 2. The van der Waals surface area contributed by atoms with Gasteiger partial charge in [0.25, 0.3) is 5.91 Å². The third kappa shape index (κ3) is 3.75. The highest BCUT2D eigenvalue weighted by atomic mass is 35.5. The highest BCUT2D eigenvalue weighted by Crippen LogP contribution is 2.25. The van der Waals surface area contributed by atoms with Crippen molar-refractivity contribution in [2.75, 3.05) is 44.3 Å². The number of hydrogen-bond acceptors (Lipinski definition) is 5. The molecule has 0 spiro atoms. The third-order valence-electron chi connectivity index (χ3n) is 4.38. The number of amides is 1. The fraction of sp³-hybridized carbons (Fsp3) is 0.688. The first-order valence-corrected chi connectivity index (χ1v) is 8.57. The van der Waals surface area contributed by atoms with E-state index in [9.17, 15) is 4.79 Å². The van der Waals surface area contributed by atoms with Crippen molar-refractivity contribution < 1.29 is 9.53 Å². The number of piperidine rings is 1. The fourth-order valence-electron chi connectivity index (χ4n) is 3.40. The van der Waals surface area contributed by atoms with Gasteiger partial charge in [0, 0.05) is 26.2 Å². The number of anilines is 1. The van der Waals surface area contributed by atoms with E-state index >= 15 is 0 Å². The zero-order chi connectivity index (χ0) is 16.4. The van der Waals surface area contributed by atoms with Crippen LogP contribution in [0.15, 0.2) is 6.20 Å². The average Bonchev–Trinajstić information content (AvgIpc) is 2.54. The quantitative estimate of drug-likeness (QED) is 0.826. The predicted molar refractivity (Wildman–Crippen MR) is 88.9 cm³/mol. The number of carbonyl (C=O) groups excluding carboxylic acids is 1. The molecule has 126 valence electrons. The van der Waals surface area contributed by atoms with Crippen molar-refractivity contribution in [1.29, 1.82) is 0 Å². The Morgan fingerprint density at radius 3 is 2.57 bits per heavy atom. The number of hydrogen-bond donors (Lipinski definition) is 0. The second-order valence-corrected chi connectivity index (χ2v) is 7.03. The van der Waals surface area contributed by atoms with E-state index in [1.807, 2.05) is 9.80 Å². The Kier molecular flexibility index (Phi) is 5.02. The first-order chi connectivity index (χ1) is 11.0. The van der Waals surface area contributed by atoms with E-state index in [2.05, 4.69) is 23.8 Å². The number of ether oxygens (including phenoxy) is 1. The van der Waals surface area contributed by atoms with Crippen LogP contribution in [-0.2, 0) is 4.74 Å². The van der Waals surface area contributed by atoms with Crippen LogP contribution < -0.4 is 4.90 Å². The van der Waals surface area contributed by atoms with Crippen LogP contribution in [0.2, 0.25) is 5.02 Å². The number of rotatable bonds is 2. The summed E-state index contributed by atoms with van der Waals surface area (Å²) in [5, 5.41) is 0.317. The molecule has 0 radical (unpaired) electrons. The normalized spacial score (nSPS) is 25.5. The summed E-state index contributed by atoms with van der Waals surface area (Å²) in [6, 6.07) is 0. The van der Waals surface area contributed by atoms with Crippen molar-refractivity contribution in [2.24, 2.45) is 11.8 Å². The molecule has 0 N–H and O–H groups in total. The molecule has 3 rings (SSSR count). The van der Waals surface area contributed by atoms with Crippen molar-refractivity contribution in [3.05, 3.63) is 16.9 Å². The molecule has 7 heteroatoms. The summed E-state index contributed by atoms with van der Waals surface area (Å²) in [6.07, 6.45) is 2.68. The number of halogens is 1. The van der Waals surface area contributed by atoms with Crippen LogP contribution in [0.25, 0.3) is 0 Å². The highest BCUT2D eigenvalue weighted by Gasteiger charge is 2.29. The molecule has 2 aliphatic rings. The minimum Gasteiger partial charge on any atom is -0.378 e. The largest absolute Gasteiger partial charge is 0.378 e. The number of likely N-dealkylation sites (tertiary alicyclic amines) is 1. The Morgan fingerprint density at radius 2 is 1.91 bits per heavy atom. The van der Waals surface area contributed by atoms with Crippen molar-refractivity contribution >= 4 is 23.5 Å². The molecule has 0 bridgehead atoms. The van der Waals surface area contributed by atoms with Crippen LogP contribution in [-0.4, -0.2) is 60.2 Å². The molecule has 0 aliphatic carbocycles. The first kappa shape index (κ1) is 16.5. The maximum absolute atomic E-state index is 12.9. The van der Waals surface area contributed by atoms with Crippen LogP contribution in [0.3, 0.4) is 0 Å². The molecule has 23 heavy (non-hydrogen) atoms. The summed E-state index contributed by atoms with van der Waals surface area (Å²) in [7, 11) is 0. The summed E-state index contributed by atoms with van der Waals surface area (Å²) >= 11 is 6.21. The van der Waals surface area contributed by atoms with Gasteiger partial charge in [-0.3, -0.25) is 4.79 Å². The number of morpholine rings is 1. The predicted octanol–water partition coefficient (Wildman–Crippen LogP) is 2.08. The molecule has 0 aromatic carbocycles. The van der Waals surface area contributed by atoms with Gasteiger partial charge in [-0.05, 0) is 18.3 Å². The smallest absolute Gasteiger partial charge is 0.274 e. The summed E-state index contributed by atoms with van der Waals surface area (Å²) in [4.78, 5) is 25.5. The highest BCUT2D eigenvalue weighted by molar-refractivity contribution is 6.33. The Bertz CT molecular complexity index is 567. The SMILES string of the molecule is C[C@@H]1C[C@@H](C)CN(C(=O)c2nc(N3CCOCC3)ncc2Cl)C1. The fourth-order valence-corrected chi connectivity index (χ4v) is 3.57. The molecular formula is C16H23ClN4O2. The Labute approximate surface area is 141 Å². The van der Waals surface area contributed by atoms with Crippen molar-refractivity contribution in [3.8, 4) is 0 Å². The maximum Gasteiger partial charge on any atom is 0.274 e. The van der Waals surface area contributed by atoms with Crippen LogP contribution in [0.5, 0.6) is 0 Å². The second kappa shape index (κ2) is 7.01. The third-order valence-corrected chi connectivity index (χ3v) is 4.66. The average molecular weight is 339 g/mol. The van der Waals surface area contributed by atoms with Gasteiger partial charge in [-0.25, -0.2) is 9.97 Å². The van der Waals surface area contributed by atoms with Gasteiger partial charge in [0.05, 0.1) is 24.4 Å². The van der Waals surface area contributed by atoms with Crippen LogP contribution in [0.4, 0.5) is 5.95 Å². The molecular weight excluding hydrogens is 316 g/mol. The van der Waals surface area contributed by atoms with Gasteiger partial charge in [-0.1, -0.05) is 25.4 Å². The molecule has 1 aromatic heterocycles. The van der Waals surface area contributed by atoms with Crippen molar-refractivity contribution in [3.63, 3.8) is 0 Å². The molecule has 0 saturated carbocycles. The minimum absolute atomic E-state index is 0.0923. The monoisotopic (exact) mass is 338 g/mol. The van der Waals surface area contributed by atoms with Crippen LogP contribution in [0, 0.1) is 11.8 Å². The molecule has 2 atom stereocenters. The number of nitrogens with zero attached hydrogens (tertiary/aromatic N) is 4. The van der Waals surface area contributed by atoms with E-state index in [0.29, 0.717) is 41.7 Å². The molecule has 1 aromatic rings. The summed E-state index contributed by atoms with van der Waals surface area (Å²) < 4.78 is 5.34. The molecule has 3 heterocycles. The number of carbonyl (C=O) groups is 1. The lowest BCUT2D eigenvalue weighted by atomic mass is 9.92. The van der Waals surface area contributed by atoms with Gasteiger partial charge >= 0.3 is 0 Å². The Hall–Kier alpha value is -1.40. The second-order valence-electron chi connectivity index (χ2n) is 6.62. The molecule has 2 fully saturated rings. The molecule has 6 nitrogen and oxygen atoms in total. The van der Waals surface area contributed by atoms with E-state index in [1.165, 1.54) is 6.20 Å². The van der Waals surface area contributed by atoms with E-state index in [4.69, 9.17) is 16.3 Å². The Morgan fingerprint density at radius 1 is 1.26 bits per heavy atom. The topological polar surface area (TPSA) is 58.6 Å². The summed E-state index contributed by atoms with van der Waals surface area (Å²) in [5.74, 6) is 1.47. The van der Waals surface area contributed by atoms with Gasteiger partial charge in [0.2, 0.25) is 5.95 Å². The van der Waals surface area contributed by atoms with E-state index < -0.39 is 0 Å². The van der Waals surface area contributed by atoms with Gasteiger partial charge in [0.1, 0.15) is 0 Å². The minimum atomic E-state index is -0.0923. The zero-order valence-corrected chi connectivity index (χ0v) is 14.4. The lowest BCUT2D eigenvalue weighted by Gasteiger charge is -2.35. The molecule has 1 amide bonds. The van der Waals surface area contributed by atoms with Gasteiger partial charge < -0.3 is 14.5 Å². The molecule has 2 aliphatic heterocycles. The van der Waals surface area contributed by atoms with Gasteiger partial charge in [-0.15, -0.1) is 0 Å². The lowest BCUT2D eigenvalue weighted by molar-refractivity contribution is 0.0617. The van der Waals surface area contributed by atoms with E-state index in [1.54, 1.807) is 0 Å². The molecule has 0 unspecified atom stereocenters.